The number of amides is 1. The van der Waals surface area contributed by atoms with Crippen LogP contribution in [0.1, 0.15) is 31.1 Å². The van der Waals surface area contributed by atoms with Crippen LogP contribution in [0.2, 0.25) is 0 Å². The Morgan fingerprint density at radius 3 is 2.95 bits per heavy atom. The molecule has 0 saturated carbocycles. The van der Waals surface area contributed by atoms with Crippen molar-refractivity contribution in [2.75, 3.05) is 26.2 Å². The number of aryl methyl sites for hydroxylation is 1. The van der Waals surface area contributed by atoms with Crippen molar-refractivity contribution in [1.29, 1.82) is 0 Å². The predicted octanol–water partition coefficient (Wildman–Crippen LogP) is 2.03. The van der Waals surface area contributed by atoms with Crippen LogP contribution in [0.25, 0.3) is 0 Å². The summed E-state index contributed by atoms with van der Waals surface area (Å²) in [7, 11) is 0. The molecule has 116 valence electrons. The van der Waals surface area contributed by atoms with Gasteiger partial charge in [0, 0.05) is 32.3 Å². The lowest BCUT2D eigenvalue weighted by atomic mass is 10.0. The summed E-state index contributed by atoms with van der Waals surface area (Å²) in [6.45, 7) is 8.07. The molecule has 1 aliphatic rings. The molecule has 1 N–H and O–H groups in total. The third-order valence-electron chi connectivity index (χ3n) is 3.74. The van der Waals surface area contributed by atoms with Gasteiger partial charge in [-0.3, -0.25) is 4.79 Å². The lowest BCUT2D eigenvalue weighted by Crippen LogP contribution is -2.52. The van der Waals surface area contributed by atoms with Crippen molar-refractivity contribution >= 4 is 5.91 Å². The fourth-order valence-electron chi connectivity index (χ4n) is 2.55. The van der Waals surface area contributed by atoms with Crippen LogP contribution in [0.5, 0.6) is 0 Å². The maximum absolute atomic E-state index is 13.8. The second kappa shape index (κ2) is 7.00. The number of piperazine rings is 1. The molecular formula is C16H23FN2O2. The van der Waals surface area contributed by atoms with Crippen molar-refractivity contribution in [3.05, 3.63) is 35.1 Å². The van der Waals surface area contributed by atoms with Gasteiger partial charge in [-0.15, -0.1) is 0 Å². The second-order valence-electron chi connectivity index (χ2n) is 5.48. The molecule has 1 heterocycles. The number of carbonyl (C=O) groups excluding carboxylic acids is 1. The number of benzene rings is 1. The molecule has 5 heteroatoms. The Morgan fingerprint density at radius 1 is 1.57 bits per heavy atom. The summed E-state index contributed by atoms with van der Waals surface area (Å²) in [4.78, 5) is 14.5. The summed E-state index contributed by atoms with van der Waals surface area (Å²) in [6, 6.07) is 5.12. The standard InChI is InChI=1S/C16H23FN2O2/c1-4-21-15(13-6-5-11(2)14(17)9-13)16(20)19-8-7-18-12(3)10-19/h5-6,9,12,15,18H,4,7-8,10H2,1-3H3/t12-,15?/m1/s1. The van der Waals surface area contributed by atoms with Gasteiger partial charge in [0.2, 0.25) is 0 Å². The molecule has 1 amide bonds. The molecule has 0 spiro atoms. The van der Waals surface area contributed by atoms with Crippen LogP contribution in [0.15, 0.2) is 18.2 Å². The maximum atomic E-state index is 13.8. The van der Waals surface area contributed by atoms with Gasteiger partial charge in [-0.1, -0.05) is 12.1 Å². The summed E-state index contributed by atoms with van der Waals surface area (Å²) in [5.41, 5.74) is 1.15. The van der Waals surface area contributed by atoms with Crippen molar-refractivity contribution < 1.29 is 13.9 Å². The average molecular weight is 294 g/mol. The molecule has 1 aromatic carbocycles. The summed E-state index contributed by atoms with van der Waals surface area (Å²) in [5.74, 6) is -0.396. The van der Waals surface area contributed by atoms with Crippen LogP contribution < -0.4 is 5.32 Å². The molecule has 2 rings (SSSR count). The van der Waals surface area contributed by atoms with E-state index in [4.69, 9.17) is 4.74 Å². The van der Waals surface area contributed by atoms with E-state index in [1.54, 1.807) is 24.0 Å². The van der Waals surface area contributed by atoms with Gasteiger partial charge in [0.1, 0.15) is 5.82 Å². The number of hydrogen-bond donors (Lipinski definition) is 1. The third-order valence-corrected chi connectivity index (χ3v) is 3.74. The zero-order chi connectivity index (χ0) is 15.4. The van der Waals surface area contributed by atoms with E-state index < -0.39 is 6.10 Å². The molecule has 0 aliphatic carbocycles. The Bertz CT molecular complexity index is 507. The molecule has 1 unspecified atom stereocenters. The second-order valence-corrected chi connectivity index (χ2v) is 5.48. The van der Waals surface area contributed by atoms with Gasteiger partial charge < -0.3 is 15.0 Å². The summed E-state index contributed by atoms with van der Waals surface area (Å²) in [5, 5.41) is 3.30. The number of ether oxygens (including phenoxy) is 1. The molecule has 0 aromatic heterocycles. The van der Waals surface area contributed by atoms with Crippen LogP contribution in [0, 0.1) is 12.7 Å². The van der Waals surface area contributed by atoms with Gasteiger partial charge in [0.25, 0.3) is 5.91 Å². The van der Waals surface area contributed by atoms with E-state index in [-0.39, 0.29) is 17.8 Å². The summed E-state index contributed by atoms with van der Waals surface area (Å²) >= 11 is 0. The van der Waals surface area contributed by atoms with Gasteiger partial charge in [-0.25, -0.2) is 4.39 Å². The fraction of sp³-hybridized carbons (Fsp3) is 0.562. The molecular weight excluding hydrogens is 271 g/mol. The lowest BCUT2D eigenvalue weighted by molar-refractivity contribution is -0.145. The topological polar surface area (TPSA) is 41.6 Å². The highest BCUT2D eigenvalue weighted by atomic mass is 19.1. The van der Waals surface area contributed by atoms with Crippen molar-refractivity contribution in [3.63, 3.8) is 0 Å². The van der Waals surface area contributed by atoms with E-state index >= 15 is 0 Å². The Kier molecular flexibility index (Phi) is 5.31. The molecule has 1 fully saturated rings. The smallest absolute Gasteiger partial charge is 0.256 e. The molecule has 1 aromatic rings. The predicted molar refractivity (Wildman–Crippen MR) is 79.5 cm³/mol. The van der Waals surface area contributed by atoms with Crippen LogP contribution >= 0.6 is 0 Å². The highest BCUT2D eigenvalue weighted by Crippen LogP contribution is 2.23. The Morgan fingerprint density at radius 2 is 2.33 bits per heavy atom. The first-order valence-electron chi connectivity index (χ1n) is 7.42. The summed E-state index contributed by atoms with van der Waals surface area (Å²) in [6.07, 6.45) is -0.726. The number of nitrogens with zero attached hydrogens (tertiary/aromatic N) is 1. The van der Waals surface area contributed by atoms with Crippen LogP contribution in [0.3, 0.4) is 0 Å². The highest BCUT2D eigenvalue weighted by Gasteiger charge is 2.29. The third kappa shape index (κ3) is 3.80. The van der Waals surface area contributed by atoms with Gasteiger partial charge in [0.05, 0.1) is 0 Å². The lowest BCUT2D eigenvalue weighted by Gasteiger charge is -2.34. The summed E-state index contributed by atoms with van der Waals surface area (Å²) < 4.78 is 19.4. The minimum Gasteiger partial charge on any atom is -0.364 e. The van der Waals surface area contributed by atoms with E-state index in [9.17, 15) is 9.18 Å². The molecule has 1 aliphatic heterocycles. The normalized spacial score (nSPS) is 20.4. The van der Waals surface area contributed by atoms with Crippen LogP contribution in [0.4, 0.5) is 4.39 Å². The first-order valence-corrected chi connectivity index (χ1v) is 7.42. The first-order chi connectivity index (χ1) is 10.0. The van der Waals surface area contributed by atoms with Gasteiger partial charge in [0.15, 0.2) is 6.10 Å². The Hall–Kier alpha value is -1.46. The van der Waals surface area contributed by atoms with Crippen LogP contribution in [-0.2, 0) is 9.53 Å². The number of carbonyl (C=O) groups is 1. The SMILES string of the molecule is CCOC(C(=O)N1CCN[C@H](C)C1)c1ccc(C)c(F)c1. The zero-order valence-electron chi connectivity index (χ0n) is 12.9. The number of nitrogens with one attached hydrogen (secondary N) is 1. The van der Waals surface area contributed by atoms with Crippen LogP contribution in [-0.4, -0.2) is 43.1 Å². The molecule has 2 atom stereocenters. The number of halogens is 1. The van der Waals surface area contributed by atoms with E-state index in [0.29, 0.717) is 30.8 Å². The molecule has 21 heavy (non-hydrogen) atoms. The quantitative estimate of drug-likeness (QED) is 0.924. The van der Waals surface area contributed by atoms with E-state index in [1.165, 1.54) is 6.07 Å². The van der Waals surface area contributed by atoms with E-state index in [1.807, 2.05) is 13.8 Å². The average Bonchev–Trinajstić information content (AvgIpc) is 2.47. The minimum atomic E-state index is -0.726. The van der Waals surface area contributed by atoms with Crippen molar-refractivity contribution in [2.24, 2.45) is 0 Å². The number of rotatable bonds is 4. The van der Waals surface area contributed by atoms with Crippen molar-refractivity contribution in [1.82, 2.24) is 10.2 Å². The van der Waals surface area contributed by atoms with Gasteiger partial charge >= 0.3 is 0 Å². The molecule has 0 radical (unpaired) electrons. The monoisotopic (exact) mass is 294 g/mol. The fourth-order valence-corrected chi connectivity index (χ4v) is 2.55. The highest BCUT2D eigenvalue weighted by molar-refractivity contribution is 5.82. The Labute approximate surface area is 125 Å². The van der Waals surface area contributed by atoms with E-state index in [0.717, 1.165) is 6.54 Å². The maximum Gasteiger partial charge on any atom is 0.256 e. The molecule has 1 saturated heterocycles. The van der Waals surface area contributed by atoms with Crippen molar-refractivity contribution in [3.8, 4) is 0 Å². The Balaban J connectivity index is 2.20. The minimum absolute atomic E-state index is 0.0894. The molecule has 0 bridgehead atoms. The largest absolute Gasteiger partial charge is 0.364 e. The van der Waals surface area contributed by atoms with Gasteiger partial charge in [-0.05, 0) is 38.0 Å². The van der Waals surface area contributed by atoms with Gasteiger partial charge in [-0.2, -0.15) is 0 Å². The number of hydrogen-bond acceptors (Lipinski definition) is 3. The zero-order valence-corrected chi connectivity index (χ0v) is 12.9. The van der Waals surface area contributed by atoms with E-state index in [2.05, 4.69) is 5.32 Å². The van der Waals surface area contributed by atoms with Crippen molar-refractivity contribution in [2.45, 2.75) is 32.9 Å². The molecule has 4 nitrogen and oxygen atoms in total. The first kappa shape index (κ1) is 15.9.